The number of para-hydroxylation sites is 1. The highest BCUT2D eigenvalue weighted by molar-refractivity contribution is 6.11. The Hall–Kier alpha value is -3.16. The van der Waals surface area contributed by atoms with Gasteiger partial charge < -0.3 is 15.3 Å². The molecule has 2 amide bonds. The summed E-state index contributed by atoms with van der Waals surface area (Å²) in [5.74, 6) is -0.581. The molecule has 4 N–H and O–H groups in total. The van der Waals surface area contributed by atoms with Crippen LogP contribution in [0.2, 0.25) is 0 Å². The standard InChI is InChI=1S/C13H12N6O2/c1-19-8-4-2-3-7(9(8)17-11(19)10(14)20)12(21)18-13-15-5-6-16-13/h2-6H,1H3,(H2,14,20)(H2,15,16,18,21). The quantitative estimate of drug-likeness (QED) is 0.654. The number of imidazole rings is 2. The third-order valence-corrected chi connectivity index (χ3v) is 3.11. The molecular formula is C13H12N6O2. The number of anilines is 1. The molecule has 0 saturated carbocycles. The maximum absolute atomic E-state index is 12.3. The lowest BCUT2D eigenvalue weighted by molar-refractivity contribution is 0.0985. The monoisotopic (exact) mass is 284 g/mol. The number of rotatable bonds is 3. The van der Waals surface area contributed by atoms with Gasteiger partial charge in [0.25, 0.3) is 11.8 Å². The van der Waals surface area contributed by atoms with Crippen molar-refractivity contribution >= 4 is 28.8 Å². The van der Waals surface area contributed by atoms with Crippen LogP contribution in [0.15, 0.2) is 30.6 Å². The molecule has 0 radical (unpaired) electrons. The average molecular weight is 284 g/mol. The molecule has 0 fully saturated rings. The zero-order valence-electron chi connectivity index (χ0n) is 11.1. The van der Waals surface area contributed by atoms with Crippen LogP contribution in [-0.4, -0.2) is 31.3 Å². The highest BCUT2D eigenvalue weighted by atomic mass is 16.2. The number of hydrogen-bond acceptors (Lipinski definition) is 4. The Morgan fingerprint density at radius 1 is 1.38 bits per heavy atom. The molecule has 0 atom stereocenters. The smallest absolute Gasteiger partial charge is 0.284 e. The van der Waals surface area contributed by atoms with E-state index in [1.54, 1.807) is 36.0 Å². The normalized spacial score (nSPS) is 10.7. The summed E-state index contributed by atoms with van der Waals surface area (Å²) in [6.07, 6.45) is 3.13. The van der Waals surface area contributed by atoms with Crippen molar-refractivity contribution in [2.75, 3.05) is 5.32 Å². The fourth-order valence-electron chi connectivity index (χ4n) is 2.13. The van der Waals surface area contributed by atoms with Crippen LogP contribution in [0.3, 0.4) is 0 Å². The summed E-state index contributed by atoms with van der Waals surface area (Å²) < 4.78 is 1.56. The van der Waals surface area contributed by atoms with Crippen molar-refractivity contribution in [1.29, 1.82) is 0 Å². The van der Waals surface area contributed by atoms with Gasteiger partial charge in [0, 0.05) is 19.4 Å². The van der Waals surface area contributed by atoms with Crippen LogP contribution in [0.1, 0.15) is 21.0 Å². The van der Waals surface area contributed by atoms with Gasteiger partial charge in [-0.15, -0.1) is 0 Å². The Labute approximate surface area is 119 Å². The van der Waals surface area contributed by atoms with Crippen molar-refractivity contribution in [2.24, 2.45) is 12.8 Å². The number of primary amides is 1. The largest absolute Gasteiger partial charge is 0.363 e. The zero-order valence-corrected chi connectivity index (χ0v) is 11.1. The molecular weight excluding hydrogens is 272 g/mol. The summed E-state index contributed by atoms with van der Waals surface area (Å²) in [5, 5.41) is 2.62. The molecule has 3 rings (SSSR count). The van der Waals surface area contributed by atoms with Crippen LogP contribution in [0.4, 0.5) is 5.95 Å². The van der Waals surface area contributed by atoms with Gasteiger partial charge in [0.05, 0.1) is 11.1 Å². The van der Waals surface area contributed by atoms with Crippen molar-refractivity contribution in [3.63, 3.8) is 0 Å². The molecule has 0 aliphatic heterocycles. The van der Waals surface area contributed by atoms with Gasteiger partial charge in [-0.1, -0.05) is 6.07 Å². The third kappa shape index (κ3) is 2.12. The number of H-pyrrole nitrogens is 1. The number of nitrogens with zero attached hydrogens (tertiary/aromatic N) is 3. The summed E-state index contributed by atoms with van der Waals surface area (Å²) in [6, 6.07) is 5.10. The molecule has 0 saturated heterocycles. The van der Waals surface area contributed by atoms with E-state index in [0.29, 0.717) is 22.5 Å². The minimum absolute atomic E-state index is 0.100. The molecule has 2 heterocycles. The molecule has 1 aromatic carbocycles. The van der Waals surface area contributed by atoms with Crippen molar-refractivity contribution in [3.05, 3.63) is 42.0 Å². The molecule has 0 unspecified atom stereocenters. The predicted molar refractivity (Wildman–Crippen MR) is 75.8 cm³/mol. The van der Waals surface area contributed by atoms with E-state index in [-0.39, 0.29) is 11.7 Å². The van der Waals surface area contributed by atoms with Gasteiger partial charge in [0.1, 0.15) is 5.52 Å². The molecule has 3 aromatic rings. The first-order valence-corrected chi connectivity index (χ1v) is 6.14. The van der Waals surface area contributed by atoms with Crippen LogP contribution < -0.4 is 11.1 Å². The maximum Gasteiger partial charge on any atom is 0.284 e. The summed E-state index contributed by atoms with van der Waals surface area (Å²) in [7, 11) is 1.67. The summed E-state index contributed by atoms with van der Waals surface area (Å²) in [5.41, 5.74) is 6.68. The number of aromatic amines is 1. The lowest BCUT2D eigenvalue weighted by Gasteiger charge is -2.03. The van der Waals surface area contributed by atoms with Gasteiger partial charge in [0.2, 0.25) is 5.95 Å². The molecule has 8 heteroatoms. The predicted octanol–water partition coefficient (Wildman–Crippen LogP) is 0.648. The lowest BCUT2D eigenvalue weighted by Crippen LogP contribution is -2.16. The number of fused-ring (bicyclic) bond motifs is 1. The van der Waals surface area contributed by atoms with E-state index < -0.39 is 5.91 Å². The first-order valence-electron chi connectivity index (χ1n) is 6.14. The molecule has 0 bridgehead atoms. The summed E-state index contributed by atoms with van der Waals surface area (Å²) >= 11 is 0. The Morgan fingerprint density at radius 2 is 2.19 bits per heavy atom. The van der Waals surface area contributed by atoms with E-state index >= 15 is 0 Å². The summed E-state index contributed by atoms with van der Waals surface area (Å²) in [6.45, 7) is 0. The second kappa shape index (κ2) is 4.75. The zero-order chi connectivity index (χ0) is 15.0. The Balaban J connectivity index is 2.08. The van der Waals surface area contributed by atoms with Crippen LogP contribution in [-0.2, 0) is 7.05 Å². The lowest BCUT2D eigenvalue weighted by atomic mass is 10.1. The van der Waals surface area contributed by atoms with Crippen LogP contribution >= 0.6 is 0 Å². The number of carbonyl (C=O) groups is 2. The molecule has 21 heavy (non-hydrogen) atoms. The van der Waals surface area contributed by atoms with Gasteiger partial charge in [-0.05, 0) is 12.1 Å². The van der Waals surface area contributed by atoms with Crippen LogP contribution in [0, 0.1) is 0 Å². The molecule has 0 aliphatic carbocycles. The average Bonchev–Trinajstić information content (AvgIpc) is 3.07. The summed E-state index contributed by atoms with van der Waals surface area (Å²) in [4.78, 5) is 34.5. The SMILES string of the molecule is Cn1c(C(N)=O)nc2c(C(=O)Nc3ncc[nH]3)cccc21. The fraction of sp³-hybridized carbons (Fsp3) is 0.0769. The van der Waals surface area contributed by atoms with Crippen molar-refractivity contribution < 1.29 is 9.59 Å². The fourth-order valence-corrected chi connectivity index (χ4v) is 2.13. The molecule has 0 spiro atoms. The van der Waals surface area contributed by atoms with Gasteiger partial charge in [-0.2, -0.15) is 0 Å². The minimum atomic E-state index is -0.647. The third-order valence-electron chi connectivity index (χ3n) is 3.11. The number of aromatic nitrogens is 4. The van der Waals surface area contributed by atoms with Crippen LogP contribution in [0.25, 0.3) is 11.0 Å². The van der Waals surface area contributed by atoms with Gasteiger partial charge in [-0.3, -0.25) is 14.9 Å². The highest BCUT2D eigenvalue weighted by Crippen LogP contribution is 2.19. The van der Waals surface area contributed by atoms with E-state index in [2.05, 4.69) is 20.3 Å². The Morgan fingerprint density at radius 3 is 2.86 bits per heavy atom. The molecule has 106 valence electrons. The highest BCUT2D eigenvalue weighted by Gasteiger charge is 2.18. The van der Waals surface area contributed by atoms with Crippen molar-refractivity contribution in [2.45, 2.75) is 0 Å². The number of benzene rings is 1. The van der Waals surface area contributed by atoms with Crippen molar-refractivity contribution in [1.82, 2.24) is 19.5 Å². The first kappa shape index (κ1) is 12.9. The second-order valence-corrected chi connectivity index (χ2v) is 4.42. The van der Waals surface area contributed by atoms with E-state index in [4.69, 9.17) is 5.73 Å². The number of nitrogens with one attached hydrogen (secondary N) is 2. The first-order chi connectivity index (χ1) is 10.1. The number of nitrogens with two attached hydrogens (primary N) is 1. The number of amides is 2. The molecule has 0 aliphatic rings. The van der Waals surface area contributed by atoms with E-state index in [0.717, 1.165) is 0 Å². The number of carbonyl (C=O) groups excluding carboxylic acids is 2. The van der Waals surface area contributed by atoms with E-state index in [1.165, 1.54) is 6.20 Å². The van der Waals surface area contributed by atoms with E-state index in [1.807, 2.05) is 0 Å². The molecule has 8 nitrogen and oxygen atoms in total. The number of hydrogen-bond donors (Lipinski definition) is 3. The number of aryl methyl sites for hydroxylation is 1. The topological polar surface area (TPSA) is 119 Å². The van der Waals surface area contributed by atoms with Gasteiger partial charge in [0.15, 0.2) is 5.82 Å². The van der Waals surface area contributed by atoms with E-state index in [9.17, 15) is 9.59 Å². The minimum Gasteiger partial charge on any atom is -0.363 e. The second-order valence-electron chi connectivity index (χ2n) is 4.42. The van der Waals surface area contributed by atoms with Crippen molar-refractivity contribution in [3.8, 4) is 0 Å². The Kier molecular flexibility index (Phi) is 2.90. The van der Waals surface area contributed by atoms with Gasteiger partial charge in [-0.25, -0.2) is 9.97 Å². The van der Waals surface area contributed by atoms with Crippen LogP contribution in [0.5, 0.6) is 0 Å². The van der Waals surface area contributed by atoms with Gasteiger partial charge >= 0.3 is 0 Å². The Bertz CT molecular complexity index is 834. The maximum atomic E-state index is 12.3. The molecule has 2 aromatic heterocycles.